The first-order chi connectivity index (χ1) is 8.85. The molecule has 1 aliphatic rings. The monoisotopic (exact) mass is 283 g/mol. The summed E-state index contributed by atoms with van der Waals surface area (Å²) in [4.78, 5) is 11.9. The van der Waals surface area contributed by atoms with Crippen LogP contribution in [-0.2, 0) is 21.2 Å². The van der Waals surface area contributed by atoms with Crippen molar-refractivity contribution in [3.05, 3.63) is 29.8 Å². The Labute approximate surface area is 112 Å². The highest BCUT2D eigenvalue weighted by atomic mass is 32.2. The van der Waals surface area contributed by atoms with Crippen LogP contribution in [-0.4, -0.2) is 27.0 Å². The molecule has 0 radical (unpaired) electrons. The Hall–Kier alpha value is -1.44. The third-order valence-corrected chi connectivity index (χ3v) is 4.11. The number of nitrogens with one attached hydrogen (secondary N) is 2. The van der Waals surface area contributed by atoms with Gasteiger partial charge < -0.3 is 5.32 Å². The Balaban J connectivity index is 2.05. The van der Waals surface area contributed by atoms with Gasteiger partial charge in [-0.1, -0.05) is 12.1 Å². The fourth-order valence-corrected chi connectivity index (χ4v) is 2.48. The Kier molecular flexibility index (Phi) is 3.62. The molecular weight excluding hydrogens is 266 g/mol. The van der Waals surface area contributed by atoms with Crippen LogP contribution >= 0.6 is 0 Å². The van der Waals surface area contributed by atoms with Gasteiger partial charge in [-0.25, -0.2) is 13.6 Å². The van der Waals surface area contributed by atoms with Crippen LogP contribution in [0.2, 0.25) is 0 Å². The summed E-state index contributed by atoms with van der Waals surface area (Å²) in [5.41, 5.74) is 0.352. The van der Waals surface area contributed by atoms with E-state index in [2.05, 4.69) is 10.6 Å². The summed E-state index contributed by atoms with van der Waals surface area (Å²) >= 11 is 0. The predicted octanol–water partition coefficient (Wildman–Crippen LogP) is -0.298. The molecule has 0 atom stereocenters. The fourth-order valence-electron chi connectivity index (χ4n) is 1.89. The normalized spacial score (nSPS) is 16.9. The van der Waals surface area contributed by atoms with E-state index in [0.717, 1.165) is 12.8 Å². The number of carbonyl (C=O) groups is 1. The van der Waals surface area contributed by atoms with E-state index in [1.807, 2.05) is 0 Å². The van der Waals surface area contributed by atoms with Crippen LogP contribution < -0.4 is 15.8 Å². The van der Waals surface area contributed by atoms with E-state index >= 15 is 0 Å². The lowest BCUT2D eigenvalue weighted by atomic mass is 10.1. The minimum absolute atomic E-state index is 0.0209. The van der Waals surface area contributed by atoms with E-state index < -0.39 is 10.0 Å². The van der Waals surface area contributed by atoms with Crippen LogP contribution in [0.4, 0.5) is 0 Å². The summed E-state index contributed by atoms with van der Waals surface area (Å²) in [6.07, 6.45) is 1.95. The van der Waals surface area contributed by atoms with Crippen molar-refractivity contribution in [3.8, 4) is 0 Å². The topological polar surface area (TPSA) is 101 Å². The van der Waals surface area contributed by atoms with Gasteiger partial charge in [-0.05, 0) is 37.6 Å². The van der Waals surface area contributed by atoms with Crippen molar-refractivity contribution in [1.29, 1.82) is 0 Å². The highest BCUT2D eigenvalue weighted by Crippen LogP contribution is 2.31. The number of amides is 1. The molecule has 104 valence electrons. The third-order valence-electron chi connectivity index (χ3n) is 3.20. The standard InChI is InChI=1S/C12H17N3O3S/c1-14-12(5-6-12)15-11(16)8-9-3-2-4-10(7-9)19(13,17)18/h2-4,7,14H,5-6,8H2,1H3,(H,15,16)(H2,13,17,18). The van der Waals surface area contributed by atoms with E-state index in [-0.39, 0.29) is 22.9 Å². The molecule has 0 unspecified atom stereocenters. The summed E-state index contributed by atoms with van der Waals surface area (Å²) in [6.45, 7) is 0. The van der Waals surface area contributed by atoms with Gasteiger partial charge >= 0.3 is 0 Å². The lowest BCUT2D eigenvalue weighted by molar-refractivity contribution is -0.121. The third kappa shape index (κ3) is 3.52. The van der Waals surface area contributed by atoms with Gasteiger partial charge in [-0.15, -0.1) is 0 Å². The number of primary sulfonamides is 1. The number of rotatable bonds is 5. The number of benzene rings is 1. The number of carbonyl (C=O) groups excluding carboxylic acids is 1. The average Bonchev–Trinajstić information content (AvgIpc) is 3.08. The van der Waals surface area contributed by atoms with E-state index in [1.54, 1.807) is 19.2 Å². The van der Waals surface area contributed by atoms with Gasteiger partial charge in [0.25, 0.3) is 0 Å². The number of hydrogen-bond acceptors (Lipinski definition) is 4. The second-order valence-corrected chi connectivity index (χ2v) is 6.31. The van der Waals surface area contributed by atoms with Gasteiger partial charge in [0.1, 0.15) is 0 Å². The lowest BCUT2D eigenvalue weighted by Gasteiger charge is -2.16. The zero-order chi connectivity index (χ0) is 14.1. The molecule has 1 aliphatic carbocycles. The zero-order valence-corrected chi connectivity index (χ0v) is 11.5. The molecule has 1 aromatic rings. The summed E-state index contributed by atoms with van der Waals surface area (Å²) in [7, 11) is -1.93. The molecule has 0 bridgehead atoms. The quantitative estimate of drug-likeness (QED) is 0.646. The van der Waals surface area contributed by atoms with E-state index in [4.69, 9.17) is 5.14 Å². The van der Waals surface area contributed by atoms with Gasteiger partial charge in [-0.3, -0.25) is 10.1 Å². The maximum Gasteiger partial charge on any atom is 0.238 e. The molecule has 0 aliphatic heterocycles. The molecule has 0 aromatic heterocycles. The van der Waals surface area contributed by atoms with Crippen LogP contribution in [0.25, 0.3) is 0 Å². The highest BCUT2D eigenvalue weighted by molar-refractivity contribution is 7.89. The number of sulfonamides is 1. The molecule has 7 heteroatoms. The van der Waals surface area contributed by atoms with Crippen molar-refractivity contribution in [3.63, 3.8) is 0 Å². The van der Waals surface area contributed by atoms with Crippen LogP contribution in [0.3, 0.4) is 0 Å². The molecule has 1 amide bonds. The molecule has 0 spiro atoms. The van der Waals surface area contributed by atoms with Crippen LogP contribution in [0, 0.1) is 0 Å². The van der Waals surface area contributed by atoms with Crippen molar-refractivity contribution in [2.45, 2.75) is 29.8 Å². The van der Waals surface area contributed by atoms with Crippen molar-refractivity contribution in [1.82, 2.24) is 10.6 Å². The van der Waals surface area contributed by atoms with Crippen LogP contribution in [0.15, 0.2) is 29.2 Å². The molecule has 1 saturated carbocycles. The summed E-state index contributed by atoms with van der Waals surface area (Å²) in [5, 5.41) is 11.0. The van der Waals surface area contributed by atoms with Crippen LogP contribution in [0.5, 0.6) is 0 Å². The molecule has 2 rings (SSSR count). The minimum atomic E-state index is -3.73. The van der Waals surface area contributed by atoms with Gasteiger partial charge in [0.2, 0.25) is 15.9 Å². The molecule has 1 aromatic carbocycles. The molecule has 6 nitrogen and oxygen atoms in total. The minimum Gasteiger partial charge on any atom is -0.338 e. The lowest BCUT2D eigenvalue weighted by Crippen LogP contribution is -2.46. The van der Waals surface area contributed by atoms with Gasteiger partial charge in [0, 0.05) is 0 Å². The summed E-state index contributed by atoms with van der Waals surface area (Å²) in [5.74, 6) is -0.140. The first-order valence-corrected chi connectivity index (χ1v) is 7.51. The Morgan fingerprint density at radius 3 is 2.63 bits per heavy atom. The van der Waals surface area contributed by atoms with Crippen molar-refractivity contribution in [2.24, 2.45) is 5.14 Å². The van der Waals surface area contributed by atoms with E-state index in [0.29, 0.717) is 5.56 Å². The fraction of sp³-hybridized carbons (Fsp3) is 0.417. The predicted molar refractivity (Wildman–Crippen MR) is 70.7 cm³/mol. The van der Waals surface area contributed by atoms with Gasteiger partial charge in [0.15, 0.2) is 0 Å². The number of nitrogens with two attached hydrogens (primary N) is 1. The van der Waals surface area contributed by atoms with Gasteiger partial charge in [0.05, 0.1) is 17.0 Å². The van der Waals surface area contributed by atoms with E-state index in [9.17, 15) is 13.2 Å². The first kappa shape index (κ1) is 14.0. The van der Waals surface area contributed by atoms with Crippen molar-refractivity contribution < 1.29 is 13.2 Å². The maximum atomic E-state index is 11.9. The summed E-state index contributed by atoms with van der Waals surface area (Å²) in [6, 6.07) is 6.11. The molecule has 0 heterocycles. The highest BCUT2D eigenvalue weighted by Gasteiger charge is 2.42. The number of hydrogen-bond donors (Lipinski definition) is 3. The molecule has 1 fully saturated rings. The smallest absolute Gasteiger partial charge is 0.238 e. The zero-order valence-electron chi connectivity index (χ0n) is 10.6. The Morgan fingerprint density at radius 1 is 1.42 bits per heavy atom. The van der Waals surface area contributed by atoms with Crippen LogP contribution in [0.1, 0.15) is 18.4 Å². The average molecular weight is 283 g/mol. The molecular formula is C12H17N3O3S. The van der Waals surface area contributed by atoms with E-state index in [1.165, 1.54) is 12.1 Å². The SMILES string of the molecule is CNC1(NC(=O)Cc2cccc(S(N)(=O)=O)c2)CC1. The maximum absolute atomic E-state index is 11.9. The summed E-state index contributed by atoms with van der Waals surface area (Å²) < 4.78 is 22.4. The largest absolute Gasteiger partial charge is 0.338 e. The molecule has 4 N–H and O–H groups in total. The first-order valence-electron chi connectivity index (χ1n) is 5.96. The molecule has 0 saturated heterocycles. The molecule has 19 heavy (non-hydrogen) atoms. The Bertz CT molecular complexity index is 594. The van der Waals surface area contributed by atoms with Crippen molar-refractivity contribution >= 4 is 15.9 Å². The second-order valence-electron chi connectivity index (χ2n) is 4.75. The van der Waals surface area contributed by atoms with Crippen molar-refractivity contribution in [2.75, 3.05) is 7.05 Å². The van der Waals surface area contributed by atoms with Gasteiger partial charge in [-0.2, -0.15) is 0 Å². The Morgan fingerprint density at radius 2 is 2.11 bits per heavy atom. The second kappa shape index (κ2) is 4.92.